The number of aromatic nitrogens is 2. The van der Waals surface area contributed by atoms with Gasteiger partial charge in [0.2, 0.25) is 11.9 Å². The molecule has 0 N–H and O–H groups in total. The highest BCUT2D eigenvalue weighted by atomic mass is 16.5. The van der Waals surface area contributed by atoms with Crippen LogP contribution < -0.4 is 9.64 Å². The number of carbonyl (C=O) groups excluding carboxylic acids is 1. The summed E-state index contributed by atoms with van der Waals surface area (Å²) in [6.07, 6.45) is 4.56. The Kier molecular flexibility index (Phi) is 7.55. The van der Waals surface area contributed by atoms with Crippen molar-refractivity contribution < 1.29 is 9.53 Å². The average molecular weight is 439 g/mol. The molecule has 0 saturated carbocycles. The van der Waals surface area contributed by atoms with Crippen LogP contribution in [0.25, 0.3) is 0 Å². The number of rotatable bonds is 7. The Morgan fingerprint density at radius 1 is 0.969 bits per heavy atom. The Bertz CT molecular complexity index is 847. The molecule has 2 aromatic rings. The van der Waals surface area contributed by atoms with Crippen LogP contribution >= 0.6 is 0 Å². The molecule has 2 aliphatic rings. The molecule has 1 atom stereocenters. The Morgan fingerprint density at radius 2 is 1.62 bits per heavy atom. The van der Waals surface area contributed by atoms with Crippen LogP contribution in [0, 0.1) is 0 Å². The van der Waals surface area contributed by atoms with Crippen molar-refractivity contribution in [2.45, 2.75) is 19.4 Å². The number of piperazine rings is 2. The molecule has 0 spiro atoms. The fourth-order valence-electron chi connectivity index (χ4n) is 4.46. The van der Waals surface area contributed by atoms with E-state index in [0.717, 1.165) is 77.0 Å². The van der Waals surface area contributed by atoms with Gasteiger partial charge in [0.25, 0.3) is 0 Å². The molecule has 4 rings (SSSR count). The first-order valence-electron chi connectivity index (χ1n) is 11.5. The number of hydrogen-bond acceptors (Lipinski definition) is 7. The quantitative estimate of drug-likeness (QED) is 0.647. The van der Waals surface area contributed by atoms with Crippen molar-refractivity contribution in [1.82, 2.24) is 24.7 Å². The molecule has 0 aliphatic carbocycles. The minimum Gasteiger partial charge on any atom is -0.497 e. The van der Waals surface area contributed by atoms with E-state index in [1.54, 1.807) is 19.5 Å². The summed E-state index contributed by atoms with van der Waals surface area (Å²) in [6.45, 7) is 10.0. The van der Waals surface area contributed by atoms with Crippen LogP contribution in [-0.4, -0.2) is 103 Å². The van der Waals surface area contributed by atoms with Gasteiger partial charge < -0.3 is 19.4 Å². The maximum absolute atomic E-state index is 13.1. The number of benzene rings is 1. The van der Waals surface area contributed by atoms with Crippen molar-refractivity contribution in [2.24, 2.45) is 0 Å². The van der Waals surface area contributed by atoms with Gasteiger partial charge >= 0.3 is 0 Å². The molecule has 8 heteroatoms. The van der Waals surface area contributed by atoms with Crippen molar-refractivity contribution in [3.05, 3.63) is 48.3 Å². The summed E-state index contributed by atoms with van der Waals surface area (Å²) in [5, 5.41) is 0. The highest BCUT2D eigenvalue weighted by molar-refractivity contribution is 5.81. The van der Waals surface area contributed by atoms with Crippen molar-refractivity contribution in [1.29, 1.82) is 0 Å². The largest absolute Gasteiger partial charge is 0.497 e. The smallest absolute Gasteiger partial charge is 0.239 e. The molecule has 32 heavy (non-hydrogen) atoms. The van der Waals surface area contributed by atoms with E-state index in [-0.39, 0.29) is 11.9 Å². The van der Waals surface area contributed by atoms with Crippen LogP contribution in [0.2, 0.25) is 0 Å². The van der Waals surface area contributed by atoms with E-state index in [1.807, 2.05) is 23.1 Å². The van der Waals surface area contributed by atoms with E-state index in [0.29, 0.717) is 0 Å². The van der Waals surface area contributed by atoms with Crippen molar-refractivity contribution in [3.8, 4) is 5.75 Å². The molecule has 8 nitrogen and oxygen atoms in total. The van der Waals surface area contributed by atoms with Gasteiger partial charge in [-0.25, -0.2) is 9.97 Å². The molecule has 172 valence electrons. The van der Waals surface area contributed by atoms with Gasteiger partial charge in [0.1, 0.15) is 5.75 Å². The van der Waals surface area contributed by atoms with E-state index < -0.39 is 0 Å². The Hall–Kier alpha value is -2.71. The zero-order valence-electron chi connectivity index (χ0n) is 19.2. The van der Waals surface area contributed by atoms with Crippen molar-refractivity contribution >= 4 is 11.9 Å². The molecule has 0 bridgehead atoms. The summed E-state index contributed by atoms with van der Waals surface area (Å²) in [7, 11) is 1.69. The molecule has 1 aromatic heterocycles. The molecule has 0 radical (unpaired) electrons. The number of methoxy groups -OCH3 is 1. The summed E-state index contributed by atoms with van der Waals surface area (Å²) in [4.78, 5) is 30.7. The van der Waals surface area contributed by atoms with Crippen LogP contribution in [-0.2, 0) is 11.2 Å². The number of carbonyl (C=O) groups is 1. The number of hydrogen-bond donors (Lipinski definition) is 0. The molecular formula is C24H34N6O2. The van der Waals surface area contributed by atoms with E-state index in [2.05, 4.69) is 43.7 Å². The van der Waals surface area contributed by atoms with Crippen LogP contribution in [0.3, 0.4) is 0 Å². The lowest BCUT2D eigenvalue weighted by Crippen LogP contribution is -2.57. The summed E-state index contributed by atoms with van der Waals surface area (Å²) >= 11 is 0. The monoisotopic (exact) mass is 438 g/mol. The molecular weight excluding hydrogens is 404 g/mol. The van der Waals surface area contributed by atoms with Gasteiger partial charge in [-0.3, -0.25) is 9.69 Å². The highest BCUT2D eigenvalue weighted by Gasteiger charge is 2.30. The van der Waals surface area contributed by atoms with Gasteiger partial charge in [0.15, 0.2) is 0 Å². The lowest BCUT2D eigenvalue weighted by atomic mass is 10.1. The van der Waals surface area contributed by atoms with E-state index in [1.165, 1.54) is 5.56 Å². The highest BCUT2D eigenvalue weighted by Crippen LogP contribution is 2.15. The number of nitrogens with zero attached hydrogens (tertiary/aromatic N) is 6. The zero-order valence-corrected chi connectivity index (χ0v) is 19.2. The molecule has 3 heterocycles. The predicted molar refractivity (Wildman–Crippen MR) is 125 cm³/mol. The third kappa shape index (κ3) is 5.55. The van der Waals surface area contributed by atoms with Crippen molar-refractivity contribution in [2.75, 3.05) is 70.9 Å². The maximum atomic E-state index is 13.1. The summed E-state index contributed by atoms with van der Waals surface area (Å²) in [6, 6.07) is 10.1. The summed E-state index contributed by atoms with van der Waals surface area (Å²) in [5.41, 5.74) is 1.33. The van der Waals surface area contributed by atoms with E-state index in [4.69, 9.17) is 4.74 Å². The lowest BCUT2D eigenvalue weighted by molar-refractivity contribution is -0.137. The Labute approximate surface area is 190 Å². The molecule has 1 amide bonds. The van der Waals surface area contributed by atoms with Crippen LogP contribution in [0.15, 0.2) is 42.7 Å². The molecule has 1 unspecified atom stereocenters. The second kappa shape index (κ2) is 10.7. The third-order valence-corrected chi connectivity index (χ3v) is 6.61. The minimum atomic E-state index is -0.0711. The van der Waals surface area contributed by atoms with Gasteiger partial charge in [-0.15, -0.1) is 0 Å². The van der Waals surface area contributed by atoms with Crippen molar-refractivity contribution in [3.63, 3.8) is 0 Å². The minimum absolute atomic E-state index is 0.0711. The summed E-state index contributed by atoms with van der Waals surface area (Å²) < 4.78 is 5.23. The topological polar surface area (TPSA) is 65.0 Å². The zero-order chi connectivity index (χ0) is 22.3. The van der Waals surface area contributed by atoms with Gasteiger partial charge in [0.05, 0.1) is 13.2 Å². The van der Waals surface area contributed by atoms with Gasteiger partial charge in [-0.05, 0) is 37.1 Å². The maximum Gasteiger partial charge on any atom is 0.239 e. The normalized spacial score (nSPS) is 19.1. The third-order valence-electron chi connectivity index (χ3n) is 6.61. The first kappa shape index (κ1) is 22.5. The van der Waals surface area contributed by atoms with Crippen LogP contribution in [0.5, 0.6) is 5.75 Å². The van der Waals surface area contributed by atoms with Gasteiger partial charge in [-0.1, -0.05) is 12.1 Å². The van der Waals surface area contributed by atoms with Crippen LogP contribution in [0.4, 0.5) is 5.95 Å². The molecule has 2 aliphatic heterocycles. The predicted octanol–water partition coefficient (Wildman–Crippen LogP) is 1.38. The van der Waals surface area contributed by atoms with Gasteiger partial charge in [-0.2, -0.15) is 0 Å². The number of anilines is 1. The average Bonchev–Trinajstić information content (AvgIpc) is 2.88. The van der Waals surface area contributed by atoms with E-state index in [9.17, 15) is 4.79 Å². The number of amides is 1. The second-order valence-electron chi connectivity index (χ2n) is 8.51. The fourth-order valence-corrected chi connectivity index (χ4v) is 4.46. The van der Waals surface area contributed by atoms with Gasteiger partial charge in [0, 0.05) is 71.3 Å². The van der Waals surface area contributed by atoms with E-state index >= 15 is 0 Å². The van der Waals surface area contributed by atoms with Crippen LogP contribution in [0.1, 0.15) is 12.5 Å². The fraction of sp³-hybridized carbons (Fsp3) is 0.542. The summed E-state index contributed by atoms with van der Waals surface area (Å²) in [5.74, 6) is 1.89. The molecule has 2 fully saturated rings. The lowest BCUT2D eigenvalue weighted by Gasteiger charge is -2.41. The number of ether oxygens (including phenoxy) is 1. The Balaban J connectivity index is 1.19. The standard InChI is InChI=1S/C24H34N6O2/c1-20(23(31)29-16-18-30(19-17-29)24-25-9-3-10-26-24)28-14-12-27(13-15-28)11-8-21-4-6-22(32-2)7-5-21/h3-7,9-10,20H,8,11-19H2,1-2H3. The Morgan fingerprint density at radius 3 is 2.25 bits per heavy atom. The molecule has 1 aromatic carbocycles. The SMILES string of the molecule is COc1ccc(CCN2CCN(C(C)C(=O)N3CCN(c4ncccn4)CC3)CC2)cc1. The first-order chi connectivity index (χ1) is 15.6. The second-order valence-corrected chi connectivity index (χ2v) is 8.51. The first-order valence-corrected chi connectivity index (χ1v) is 11.5. The molecule has 2 saturated heterocycles.